The number of aliphatic hydroxyl groups is 1. The number of carboxylic acid groups (broad SMARTS) is 1. The van der Waals surface area contributed by atoms with Crippen LogP contribution in [0.5, 0.6) is 5.75 Å². The van der Waals surface area contributed by atoms with Crippen molar-refractivity contribution in [1.82, 2.24) is 4.90 Å². The number of amides is 1. The fourth-order valence-corrected chi connectivity index (χ4v) is 2.20. The quantitative estimate of drug-likeness (QED) is 0.855. The van der Waals surface area contributed by atoms with Gasteiger partial charge in [-0.2, -0.15) is 0 Å². The second kappa shape index (κ2) is 6.45. The lowest BCUT2D eigenvalue weighted by molar-refractivity contribution is -0.141. The van der Waals surface area contributed by atoms with Gasteiger partial charge in [0.1, 0.15) is 18.4 Å². The van der Waals surface area contributed by atoms with E-state index in [-0.39, 0.29) is 19.6 Å². The molecule has 2 rings (SSSR count). The maximum atomic E-state index is 11.9. The van der Waals surface area contributed by atoms with Crippen molar-refractivity contribution in [2.45, 2.75) is 25.2 Å². The SMILES string of the molecule is COc1ccc(COC(=O)N2C[C@H](O)C[C@H]2C(=O)O)cc1. The normalized spacial score (nSPS) is 21.1. The summed E-state index contributed by atoms with van der Waals surface area (Å²) in [5.74, 6) is -0.452. The number of β-amino-alcohol motifs (C(OH)–C–C–N with tert-alkyl or cyclic N) is 1. The summed E-state index contributed by atoms with van der Waals surface area (Å²) in [6.45, 7) is 0.000173. The van der Waals surface area contributed by atoms with Crippen molar-refractivity contribution in [2.75, 3.05) is 13.7 Å². The molecule has 0 aromatic heterocycles. The highest BCUT2D eigenvalue weighted by Gasteiger charge is 2.39. The van der Waals surface area contributed by atoms with E-state index in [1.165, 1.54) is 0 Å². The standard InChI is InChI=1S/C14H17NO6/c1-20-11-4-2-9(3-5-11)8-21-14(19)15-7-10(16)6-12(15)13(17)18/h2-5,10,12,16H,6-8H2,1H3,(H,17,18)/t10-,12+/m1/s1. The van der Waals surface area contributed by atoms with Gasteiger partial charge in [0.15, 0.2) is 0 Å². The van der Waals surface area contributed by atoms with Gasteiger partial charge < -0.3 is 19.7 Å². The fourth-order valence-electron chi connectivity index (χ4n) is 2.20. The second-order valence-electron chi connectivity index (χ2n) is 4.80. The van der Waals surface area contributed by atoms with Gasteiger partial charge in [-0.1, -0.05) is 12.1 Å². The lowest BCUT2D eigenvalue weighted by atomic mass is 10.2. The molecule has 7 nitrogen and oxygen atoms in total. The second-order valence-corrected chi connectivity index (χ2v) is 4.80. The van der Waals surface area contributed by atoms with E-state index in [0.717, 1.165) is 10.5 Å². The van der Waals surface area contributed by atoms with Crippen LogP contribution < -0.4 is 4.74 Å². The van der Waals surface area contributed by atoms with Gasteiger partial charge >= 0.3 is 12.1 Å². The molecule has 1 aromatic rings. The first-order chi connectivity index (χ1) is 10.0. The molecular formula is C14H17NO6. The molecule has 0 radical (unpaired) electrons. The highest BCUT2D eigenvalue weighted by molar-refractivity contribution is 5.80. The number of carbonyl (C=O) groups excluding carboxylic acids is 1. The third-order valence-corrected chi connectivity index (χ3v) is 3.32. The summed E-state index contributed by atoms with van der Waals surface area (Å²) in [6, 6.07) is 5.94. The first-order valence-electron chi connectivity index (χ1n) is 6.48. The Labute approximate surface area is 121 Å². The molecule has 7 heteroatoms. The molecule has 1 heterocycles. The lowest BCUT2D eigenvalue weighted by Gasteiger charge is -2.20. The highest BCUT2D eigenvalue weighted by atomic mass is 16.6. The third-order valence-electron chi connectivity index (χ3n) is 3.32. The number of methoxy groups -OCH3 is 1. The zero-order chi connectivity index (χ0) is 15.4. The zero-order valence-corrected chi connectivity index (χ0v) is 11.6. The van der Waals surface area contributed by atoms with E-state index < -0.39 is 24.2 Å². The average Bonchev–Trinajstić information content (AvgIpc) is 2.87. The lowest BCUT2D eigenvalue weighted by Crippen LogP contribution is -2.40. The van der Waals surface area contributed by atoms with E-state index in [1.807, 2.05) is 0 Å². The molecule has 0 unspecified atom stereocenters. The summed E-state index contributed by atoms with van der Waals surface area (Å²) in [6.07, 6.45) is -1.55. The largest absolute Gasteiger partial charge is 0.497 e. The first-order valence-corrected chi connectivity index (χ1v) is 6.48. The van der Waals surface area contributed by atoms with Crippen LogP contribution in [-0.2, 0) is 16.1 Å². The Kier molecular flexibility index (Phi) is 4.64. The Morgan fingerprint density at radius 3 is 2.57 bits per heavy atom. The van der Waals surface area contributed by atoms with E-state index >= 15 is 0 Å². The first kappa shape index (κ1) is 15.1. The minimum atomic E-state index is -1.15. The number of aliphatic hydroxyl groups excluding tert-OH is 1. The molecule has 1 aromatic carbocycles. The van der Waals surface area contributed by atoms with Crippen molar-refractivity contribution >= 4 is 12.1 Å². The molecular weight excluding hydrogens is 278 g/mol. The summed E-state index contributed by atoms with van der Waals surface area (Å²) in [4.78, 5) is 24.0. The Bertz CT molecular complexity index is 515. The van der Waals surface area contributed by atoms with Gasteiger partial charge in [0, 0.05) is 6.42 Å². The van der Waals surface area contributed by atoms with Crippen molar-refractivity contribution in [3.05, 3.63) is 29.8 Å². The Morgan fingerprint density at radius 2 is 2.00 bits per heavy atom. The Morgan fingerprint density at radius 1 is 1.33 bits per heavy atom. The van der Waals surface area contributed by atoms with Crippen LogP contribution in [0.4, 0.5) is 4.79 Å². The number of nitrogens with zero attached hydrogens (tertiary/aromatic N) is 1. The molecule has 1 aliphatic rings. The number of hydrogen-bond donors (Lipinski definition) is 2. The molecule has 2 N–H and O–H groups in total. The minimum absolute atomic E-state index is 0.0208. The third kappa shape index (κ3) is 3.63. The van der Waals surface area contributed by atoms with Crippen LogP contribution in [0.3, 0.4) is 0 Å². The van der Waals surface area contributed by atoms with Gasteiger partial charge in [-0.05, 0) is 17.7 Å². The van der Waals surface area contributed by atoms with Gasteiger partial charge in [0.2, 0.25) is 0 Å². The van der Waals surface area contributed by atoms with Crippen LogP contribution in [0.1, 0.15) is 12.0 Å². The summed E-state index contributed by atoms with van der Waals surface area (Å²) in [5, 5.41) is 18.5. The van der Waals surface area contributed by atoms with Crippen LogP contribution in [-0.4, -0.2) is 53.0 Å². The van der Waals surface area contributed by atoms with Gasteiger partial charge in [-0.15, -0.1) is 0 Å². The summed E-state index contributed by atoms with van der Waals surface area (Å²) < 4.78 is 10.1. The Hall–Kier alpha value is -2.28. The maximum Gasteiger partial charge on any atom is 0.410 e. The van der Waals surface area contributed by atoms with Gasteiger partial charge in [-0.3, -0.25) is 4.90 Å². The van der Waals surface area contributed by atoms with E-state index in [0.29, 0.717) is 5.75 Å². The molecule has 1 fully saturated rings. The summed E-state index contributed by atoms with van der Waals surface area (Å²) in [7, 11) is 1.56. The number of aliphatic carboxylic acids is 1. The average molecular weight is 295 g/mol. The zero-order valence-electron chi connectivity index (χ0n) is 11.6. The van der Waals surface area contributed by atoms with E-state index in [1.54, 1.807) is 31.4 Å². The van der Waals surface area contributed by atoms with Crippen LogP contribution >= 0.6 is 0 Å². The van der Waals surface area contributed by atoms with Crippen molar-refractivity contribution in [2.24, 2.45) is 0 Å². The van der Waals surface area contributed by atoms with Gasteiger partial charge in [-0.25, -0.2) is 9.59 Å². The molecule has 0 saturated carbocycles. The fraction of sp³-hybridized carbons (Fsp3) is 0.429. The van der Waals surface area contributed by atoms with Gasteiger partial charge in [0.25, 0.3) is 0 Å². The van der Waals surface area contributed by atoms with Crippen molar-refractivity contribution in [3.8, 4) is 5.75 Å². The van der Waals surface area contributed by atoms with Gasteiger partial charge in [0.05, 0.1) is 19.8 Å². The van der Waals surface area contributed by atoms with E-state index in [2.05, 4.69) is 0 Å². The van der Waals surface area contributed by atoms with E-state index in [9.17, 15) is 14.7 Å². The molecule has 1 amide bonds. The minimum Gasteiger partial charge on any atom is -0.497 e. The molecule has 0 spiro atoms. The number of ether oxygens (including phenoxy) is 2. The topological polar surface area (TPSA) is 96.3 Å². The molecule has 0 aliphatic carbocycles. The maximum absolute atomic E-state index is 11.9. The number of carboxylic acids is 1. The summed E-state index contributed by atoms with van der Waals surface area (Å²) in [5.41, 5.74) is 0.760. The molecule has 2 atom stereocenters. The molecule has 1 saturated heterocycles. The molecule has 21 heavy (non-hydrogen) atoms. The van der Waals surface area contributed by atoms with E-state index in [4.69, 9.17) is 14.6 Å². The number of rotatable bonds is 4. The van der Waals surface area contributed by atoms with Crippen molar-refractivity contribution in [1.29, 1.82) is 0 Å². The van der Waals surface area contributed by atoms with Crippen LogP contribution in [0.25, 0.3) is 0 Å². The number of likely N-dealkylation sites (tertiary alicyclic amines) is 1. The van der Waals surface area contributed by atoms with Crippen LogP contribution in [0, 0.1) is 0 Å². The molecule has 0 bridgehead atoms. The van der Waals surface area contributed by atoms with Crippen molar-refractivity contribution < 1.29 is 29.3 Å². The van der Waals surface area contributed by atoms with Crippen LogP contribution in [0.15, 0.2) is 24.3 Å². The predicted molar refractivity (Wildman–Crippen MR) is 71.9 cm³/mol. The predicted octanol–water partition coefficient (Wildman–Crippen LogP) is 0.852. The van der Waals surface area contributed by atoms with Crippen LogP contribution in [0.2, 0.25) is 0 Å². The molecule has 1 aliphatic heterocycles. The summed E-state index contributed by atoms with van der Waals surface area (Å²) >= 11 is 0. The Balaban J connectivity index is 1.92. The van der Waals surface area contributed by atoms with Crippen molar-refractivity contribution in [3.63, 3.8) is 0 Å². The number of hydrogen-bond acceptors (Lipinski definition) is 5. The monoisotopic (exact) mass is 295 g/mol. The highest BCUT2D eigenvalue weighted by Crippen LogP contribution is 2.20. The number of benzene rings is 1. The smallest absolute Gasteiger partial charge is 0.410 e. The molecule has 114 valence electrons. The number of carbonyl (C=O) groups is 2.